The van der Waals surface area contributed by atoms with Gasteiger partial charge in [0.25, 0.3) is 0 Å². The van der Waals surface area contributed by atoms with E-state index in [2.05, 4.69) is 19.1 Å². The third kappa shape index (κ3) is 13.5. The highest BCUT2D eigenvalue weighted by molar-refractivity contribution is 4.87. The summed E-state index contributed by atoms with van der Waals surface area (Å²) in [7, 11) is 0. The standard InChI is InChI=1S/C24H46O5/c1-2-3-4-5-6-7-8-9-10-11-12-13-14-15-16-17-18-28-19-22(26)24-23(27)21(25)20-29-24/h12-13,21-27H,2-11,14-20H2,1H3/b13-12+/t21-,22+,23-,24-/m0/s1. The van der Waals surface area contributed by atoms with Crippen LogP contribution in [0.3, 0.4) is 0 Å². The Balaban J connectivity index is 1.79. The van der Waals surface area contributed by atoms with Crippen LogP contribution in [0.4, 0.5) is 0 Å². The molecule has 0 aromatic rings. The third-order valence-electron chi connectivity index (χ3n) is 5.66. The first kappa shape index (κ1) is 26.6. The van der Waals surface area contributed by atoms with Gasteiger partial charge in [-0.25, -0.2) is 0 Å². The van der Waals surface area contributed by atoms with Crippen molar-refractivity contribution in [3.63, 3.8) is 0 Å². The molecule has 1 aliphatic heterocycles. The lowest BCUT2D eigenvalue weighted by atomic mass is 10.1. The molecule has 1 heterocycles. The van der Waals surface area contributed by atoms with E-state index in [4.69, 9.17) is 9.47 Å². The van der Waals surface area contributed by atoms with Crippen molar-refractivity contribution in [2.75, 3.05) is 19.8 Å². The lowest BCUT2D eigenvalue weighted by Crippen LogP contribution is -2.40. The minimum absolute atomic E-state index is 0.0650. The Morgan fingerprint density at radius 1 is 0.862 bits per heavy atom. The van der Waals surface area contributed by atoms with Gasteiger partial charge in [-0.3, -0.25) is 0 Å². The number of hydrogen-bond acceptors (Lipinski definition) is 5. The van der Waals surface area contributed by atoms with Crippen LogP contribution in [-0.2, 0) is 9.47 Å². The van der Waals surface area contributed by atoms with E-state index in [-0.39, 0.29) is 13.2 Å². The van der Waals surface area contributed by atoms with Gasteiger partial charge in [0, 0.05) is 6.61 Å². The fraction of sp³-hybridized carbons (Fsp3) is 0.917. The molecule has 0 radical (unpaired) electrons. The molecule has 29 heavy (non-hydrogen) atoms. The SMILES string of the molecule is CCCCCCCCCCC/C=C/CCCCCOC[C@@H](O)[C@@H]1OC[C@H](O)[C@@H]1O. The minimum atomic E-state index is -1.03. The second-order valence-electron chi connectivity index (χ2n) is 8.44. The summed E-state index contributed by atoms with van der Waals surface area (Å²) in [4.78, 5) is 0. The van der Waals surface area contributed by atoms with Crippen LogP contribution in [0.25, 0.3) is 0 Å². The highest BCUT2D eigenvalue weighted by atomic mass is 16.5. The maximum atomic E-state index is 9.94. The zero-order valence-corrected chi connectivity index (χ0v) is 18.6. The molecule has 1 saturated heterocycles. The van der Waals surface area contributed by atoms with Crippen LogP contribution in [0.5, 0.6) is 0 Å². The van der Waals surface area contributed by atoms with E-state index in [1.54, 1.807) is 0 Å². The number of ether oxygens (including phenoxy) is 2. The summed E-state index contributed by atoms with van der Waals surface area (Å²) in [5.41, 5.74) is 0. The molecule has 5 nitrogen and oxygen atoms in total. The van der Waals surface area contributed by atoms with E-state index in [1.807, 2.05) is 0 Å². The van der Waals surface area contributed by atoms with Crippen LogP contribution in [-0.4, -0.2) is 59.6 Å². The summed E-state index contributed by atoms with van der Waals surface area (Å²) < 4.78 is 10.7. The van der Waals surface area contributed by atoms with E-state index >= 15 is 0 Å². The van der Waals surface area contributed by atoms with Crippen molar-refractivity contribution in [2.45, 2.75) is 121 Å². The summed E-state index contributed by atoms with van der Waals surface area (Å²) >= 11 is 0. The molecule has 172 valence electrons. The Kier molecular flexibility index (Phi) is 16.8. The monoisotopic (exact) mass is 414 g/mol. The molecule has 1 fully saturated rings. The van der Waals surface area contributed by atoms with Gasteiger partial charge >= 0.3 is 0 Å². The van der Waals surface area contributed by atoms with Gasteiger partial charge in [-0.1, -0.05) is 76.9 Å². The quantitative estimate of drug-likeness (QED) is 0.214. The van der Waals surface area contributed by atoms with Gasteiger partial charge in [-0.05, 0) is 32.1 Å². The van der Waals surface area contributed by atoms with Crippen LogP contribution < -0.4 is 0 Å². The molecule has 0 aliphatic carbocycles. The fourth-order valence-electron chi connectivity index (χ4n) is 3.72. The highest BCUT2D eigenvalue weighted by Gasteiger charge is 2.39. The van der Waals surface area contributed by atoms with Crippen LogP contribution in [0.15, 0.2) is 12.2 Å². The number of aliphatic hydroxyl groups is 3. The van der Waals surface area contributed by atoms with Gasteiger partial charge in [0.05, 0.1) is 13.2 Å². The van der Waals surface area contributed by atoms with E-state index in [9.17, 15) is 15.3 Å². The highest BCUT2D eigenvalue weighted by Crippen LogP contribution is 2.18. The first-order valence-corrected chi connectivity index (χ1v) is 12.0. The van der Waals surface area contributed by atoms with Crippen molar-refractivity contribution in [3.05, 3.63) is 12.2 Å². The molecule has 0 unspecified atom stereocenters. The lowest BCUT2D eigenvalue weighted by Gasteiger charge is -2.20. The van der Waals surface area contributed by atoms with Crippen LogP contribution in [0.2, 0.25) is 0 Å². The van der Waals surface area contributed by atoms with Crippen molar-refractivity contribution < 1.29 is 24.8 Å². The van der Waals surface area contributed by atoms with E-state index in [1.165, 1.54) is 64.2 Å². The Hall–Kier alpha value is -0.460. The average Bonchev–Trinajstić information content (AvgIpc) is 3.05. The van der Waals surface area contributed by atoms with Crippen LogP contribution in [0, 0.1) is 0 Å². The van der Waals surface area contributed by atoms with Gasteiger partial charge in [0.2, 0.25) is 0 Å². The molecule has 5 heteroatoms. The second kappa shape index (κ2) is 18.3. The van der Waals surface area contributed by atoms with Gasteiger partial charge in [-0.2, -0.15) is 0 Å². The molecule has 0 saturated carbocycles. The number of allylic oxidation sites excluding steroid dienone is 2. The molecule has 4 atom stereocenters. The predicted octanol–water partition coefficient (Wildman–Crippen LogP) is 4.52. The summed E-state index contributed by atoms with van der Waals surface area (Å²) in [5.74, 6) is 0. The van der Waals surface area contributed by atoms with Crippen molar-refractivity contribution in [1.29, 1.82) is 0 Å². The normalized spacial score (nSPS) is 23.2. The maximum Gasteiger partial charge on any atom is 0.114 e. The summed E-state index contributed by atoms with van der Waals surface area (Å²) in [6.45, 7) is 3.07. The molecule has 0 amide bonds. The molecular weight excluding hydrogens is 368 g/mol. The van der Waals surface area contributed by atoms with E-state index in [0.29, 0.717) is 6.61 Å². The largest absolute Gasteiger partial charge is 0.388 e. The van der Waals surface area contributed by atoms with Crippen molar-refractivity contribution in [3.8, 4) is 0 Å². The van der Waals surface area contributed by atoms with Gasteiger partial charge < -0.3 is 24.8 Å². The number of rotatable bonds is 19. The molecule has 0 aromatic carbocycles. The molecule has 3 N–H and O–H groups in total. The molecule has 0 bridgehead atoms. The Bertz CT molecular complexity index is 387. The van der Waals surface area contributed by atoms with Gasteiger partial charge in [-0.15, -0.1) is 0 Å². The maximum absolute atomic E-state index is 9.94. The van der Waals surface area contributed by atoms with Crippen LogP contribution in [0.1, 0.15) is 96.8 Å². The Labute approximate surface area is 178 Å². The molecule has 1 rings (SSSR count). The Morgan fingerprint density at radius 3 is 1.97 bits per heavy atom. The number of unbranched alkanes of at least 4 members (excludes halogenated alkanes) is 12. The van der Waals surface area contributed by atoms with Crippen molar-refractivity contribution in [1.82, 2.24) is 0 Å². The average molecular weight is 415 g/mol. The van der Waals surface area contributed by atoms with E-state index in [0.717, 1.165) is 25.7 Å². The zero-order valence-electron chi connectivity index (χ0n) is 18.6. The van der Waals surface area contributed by atoms with E-state index < -0.39 is 24.4 Å². The number of aliphatic hydroxyl groups excluding tert-OH is 3. The van der Waals surface area contributed by atoms with Gasteiger partial charge in [0.15, 0.2) is 0 Å². The number of hydrogen-bond donors (Lipinski definition) is 3. The molecule has 0 spiro atoms. The van der Waals surface area contributed by atoms with Crippen molar-refractivity contribution >= 4 is 0 Å². The summed E-state index contributed by atoms with van der Waals surface area (Å²) in [6.07, 6.45) is 19.1. The third-order valence-corrected chi connectivity index (χ3v) is 5.66. The van der Waals surface area contributed by atoms with Gasteiger partial charge in [0.1, 0.15) is 24.4 Å². The van der Waals surface area contributed by atoms with Crippen LogP contribution >= 0.6 is 0 Å². The topological polar surface area (TPSA) is 79.2 Å². The summed E-state index contributed by atoms with van der Waals surface area (Å²) in [5, 5.41) is 29.0. The van der Waals surface area contributed by atoms with Crippen molar-refractivity contribution in [2.24, 2.45) is 0 Å². The Morgan fingerprint density at radius 2 is 1.41 bits per heavy atom. The predicted molar refractivity (Wildman–Crippen MR) is 118 cm³/mol. The first-order valence-electron chi connectivity index (χ1n) is 12.0. The zero-order chi connectivity index (χ0) is 21.2. The minimum Gasteiger partial charge on any atom is -0.388 e. The second-order valence-corrected chi connectivity index (χ2v) is 8.44. The molecule has 1 aliphatic rings. The lowest BCUT2D eigenvalue weighted by molar-refractivity contribution is -0.0813. The molecule has 0 aromatic heterocycles. The molecular formula is C24H46O5. The first-order chi connectivity index (χ1) is 14.2. The fourth-order valence-corrected chi connectivity index (χ4v) is 3.72. The smallest absolute Gasteiger partial charge is 0.114 e. The summed E-state index contributed by atoms with van der Waals surface area (Å²) in [6, 6.07) is 0.